The third-order valence-corrected chi connectivity index (χ3v) is 4.54. The van der Waals surface area contributed by atoms with E-state index in [9.17, 15) is 31.1 Å². The van der Waals surface area contributed by atoms with Gasteiger partial charge in [-0.05, 0) is 48.7 Å². The number of anilines is 2. The summed E-state index contributed by atoms with van der Waals surface area (Å²) in [5, 5.41) is 2.28. The average Bonchev–Trinajstić information content (AvgIpc) is 2.64. The Labute approximate surface area is 162 Å². The van der Waals surface area contributed by atoms with Crippen molar-refractivity contribution in [1.82, 2.24) is 10.3 Å². The van der Waals surface area contributed by atoms with Crippen molar-refractivity contribution in [2.45, 2.75) is 25.2 Å². The number of nitrogens with one attached hydrogen (secondary N) is 1. The van der Waals surface area contributed by atoms with Crippen molar-refractivity contribution in [3.05, 3.63) is 53.9 Å². The normalized spacial score (nSPS) is 17.0. The highest BCUT2D eigenvalue weighted by molar-refractivity contribution is 5.76. The molecule has 0 bridgehead atoms. The van der Waals surface area contributed by atoms with Gasteiger partial charge in [0.1, 0.15) is 6.42 Å². The summed E-state index contributed by atoms with van der Waals surface area (Å²) in [6, 6.07) is 8.09. The van der Waals surface area contributed by atoms with Crippen LogP contribution in [0.4, 0.5) is 37.7 Å². The van der Waals surface area contributed by atoms with E-state index in [-0.39, 0.29) is 12.5 Å². The second-order valence-electron chi connectivity index (χ2n) is 6.79. The van der Waals surface area contributed by atoms with Crippen molar-refractivity contribution in [1.29, 1.82) is 0 Å². The minimum absolute atomic E-state index is 0.00205. The Morgan fingerprint density at radius 2 is 1.79 bits per heavy atom. The number of amides is 1. The number of halogens is 6. The second kappa shape index (κ2) is 7.92. The number of carbonyl (C=O) groups is 1. The van der Waals surface area contributed by atoms with Gasteiger partial charge in [0, 0.05) is 25.0 Å². The average molecular weight is 417 g/mol. The number of pyridine rings is 1. The molecule has 1 amide bonds. The summed E-state index contributed by atoms with van der Waals surface area (Å²) in [5.74, 6) is -1.37. The summed E-state index contributed by atoms with van der Waals surface area (Å²) in [4.78, 5) is 17.5. The Morgan fingerprint density at radius 3 is 2.41 bits per heavy atom. The van der Waals surface area contributed by atoms with Crippen LogP contribution in [-0.2, 0) is 17.4 Å². The molecule has 1 aliphatic heterocycles. The molecule has 2 aromatic rings. The molecule has 0 saturated carbocycles. The van der Waals surface area contributed by atoms with E-state index in [4.69, 9.17) is 0 Å². The lowest BCUT2D eigenvalue weighted by Crippen LogP contribution is -2.40. The SMILES string of the molecule is O=C(CC(F)(F)F)NC[C@H]1Cc2ncccc2N(c2ccc(C(F)(F)F)cc2)C1. The highest BCUT2D eigenvalue weighted by Gasteiger charge is 2.33. The van der Waals surface area contributed by atoms with Crippen LogP contribution in [0.2, 0.25) is 0 Å². The van der Waals surface area contributed by atoms with Gasteiger partial charge in [0.2, 0.25) is 5.91 Å². The first-order valence-electron chi connectivity index (χ1n) is 8.75. The van der Waals surface area contributed by atoms with Gasteiger partial charge < -0.3 is 10.2 Å². The molecule has 156 valence electrons. The number of alkyl halides is 6. The van der Waals surface area contributed by atoms with E-state index in [0.717, 1.165) is 12.1 Å². The molecule has 4 nitrogen and oxygen atoms in total. The molecular formula is C19H17F6N3O. The van der Waals surface area contributed by atoms with Crippen LogP contribution >= 0.6 is 0 Å². The summed E-state index contributed by atoms with van der Waals surface area (Å²) < 4.78 is 75.4. The van der Waals surface area contributed by atoms with E-state index >= 15 is 0 Å². The molecule has 3 rings (SSSR count). The highest BCUT2D eigenvalue weighted by Crippen LogP contribution is 2.36. The third-order valence-electron chi connectivity index (χ3n) is 4.54. The number of fused-ring (bicyclic) bond motifs is 1. The van der Waals surface area contributed by atoms with Gasteiger partial charge in [-0.2, -0.15) is 26.3 Å². The lowest BCUT2D eigenvalue weighted by molar-refractivity contribution is -0.153. The Balaban J connectivity index is 1.77. The molecule has 0 saturated heterocycles. The molecule has 0 radical (unpaired) electrons. The Morgan fingerprint density at radius 1 is 1.10 bits per heavy atom. The van der Waals surface area contributed by atoms with Crippen LogP contribution in [0.3, 0.4) is 0 Å². The van der Waals surface area contributed by atoms with E-state index in [0.29, 0.717) is 30.0 Å². The monoisotopic (exact) mass is 417 g/mol. The van der Waals surface area contributed by atoms with E-state index in [2.05, 4.69) is 10.3 Å². The van der Waals surface area contributed by atoms with Gasteiger partial charge in [-0.3, -0.25) is 9.78 Å². The summed E-state index contributed by atoms with van der Waals surface area (Å²) in [6.45, 7) is 0.318. The molecule has 10 heteroatoms. The lowest BCUT2D eigenvalue weighted by atomic mass is 9.95. The molecule has 1 aromatic heterocycles. The largest absolute Gasteiger partial charge is 0.416 e. The fourth-order valence-electron chi connectivity index (χ4n) is 3.24. The van der Waals surface area contributed by atoms with Gasteiger partial charge in [0.15, 0.2) is 0 Å². The van der Waals surface area contributed by atoms with E-state index in [1.165, 1.54) is 12.1 Å². The first-order valence-corrected chi connectivity index (χ1v) is 8.75. The van der Waals surface area contributed by atoms with Crippen LogP contribution < -0.4 is 10.2 Å². The van der Waals surface area contributed by atoms with Gasteiger partial charge in [-0.25, -0.2) is 0 Å². The van der Waals surface area contributed by atoms with Gasteiger partial charge in [-0.1, -0.05) is 0 Å². The molecule has 1 aromatic carbocycles. The number of nitrogens with zero attached hydrogens (tertiary/aromatic N) is 2. The Hall–Kier alpha value is -2.78. The molecule has 0 fully saturated rings. The smallest absolute Gasteiger partial charge is 0.355 e. The number of carbonyl (C=O) groups excluding carboxylic acids is 1. The summed E-state index contributed by atoms with van der Waals surface area (Å²) in [5.41, 5.74) is 1.10. The first-order chi connectivity index (χ1) is 13.5. The van der Waals surface area contributed by atoms with Gasteiger partial charge >= 0.3 is 12.4 Å². The highest BCUT2D eigenvalue weighted by atomic mass is 19.4. The summed E-state index contributed by atoms with van der Waals surface area (Å²) in [7, 11) is 0. The van der Waals surface area contributed by atoms with Crippen molar-refractivity contribution < 1.29 is 31.1 Å². The number of hydrogen-bond donors (Lipinski definition) is 1. The van der Waals surface area contributed by atoms with Gasteiger partial charge in [-0.15, -0.1) is 0 Å². The van der Waals surface area contributed by atoms with E-state index in [1.807, 2.05) is 0 Å². The Kier molecular flexibility index (Phi) is 5.72. The number of benzene rings is 1. The van der Waals surface area contributed by atoms with Crippen molar-refractivity contribution in [2.75, 3.05) is 18.0 Å². The summed E-state index contributed by atoms with van der Waals surface area (Å²) in [6.07, 6.45) is -8.60. The Bertz CT molecular complexity index is 863. The van der Waals surface area contributed by atoms with Crippen molar-refractivity contribution in [3.8, 4) is 0 Å². The van der Waals surface area contributed by atoms with Crippen molar-refractivity contribution in [3.63, 3.8) is 0 Å². The first kappa shape index (κ1) is 20.9. The predicted molar refractivity (Wildman–Crippen MR) is 93.6 cm³/mol. The minimum atomic E-state index is -4.59. The zero-order chi connectivity index (χ0) is 21.2. The van der Waals surface area contributed by atoms with E-state index < -0.39 is 30.2 Å². The standard InChI is InChI=1S/C19H17F6N3O/c20-18(21,22)9-17(29)27-10-12-8-15-16(2-1-7-26-15)28(11-12)14-5-3-13(4-6-14)19(23,24)25/h1-7,12H,8-11H2,(H,27,29)/t12-/m1/s1. The second-order valence-corrected chi connectivity index (χ2v) is 6.79. The van der Waals surface area contributed by atoms with E-state index in [1.54, 1.807) is 23.2 Å². The van der Waals surface area contributed by atoms with Crippen molar-refractivity contribution >= 4 is 17.3 Å². The van der Waals surface area contributed by atoms with Crippen molar-refractivity contribution in [2.24, 2.45) is 5.92 Å². The number of rotatable bonds is 4. The molecule has 0 spiro atoms. The van der Waals surface area contributed by atoms with Crippen LogP contribution in [0.5, 0.6) is 0 Å². The van der Waals surface area contributed by atoms with Gasteiger partial charge in [0.25, 0.3) is 0 Å². The van der Waals surface area contributed by atoms with Crippen LogP contribution in [0, 0.1) is 5.92 Å². The van der Waals surface area contributed by atoms with Gasteiger partial charge in [0.05, 0.1) is 16.9 Å². The molecular weight excluding hydrogens is 400 g/mol. The molecule has 0 aliphatic carbocycles. The topological polar surface area (TPSA) is 45.2 Å². The number of hydrogen-bond acceptors (Lipinski definition) is 3. The van der Waals surface area contributed by atoms with Crippen LogP contribution in [0.25, 0.3) is 0 Å². The maximum Gasteiger partial charge on any atom is 0.416 e. The third kappa shape index (κ3) is 5.39. The molecule has 0 unspecified atom stereocenters. The fourth-order valence-corrected chi connectivity index (χ4v) is 3.24. The quantitative estimate of drug-likeness (QED) is 0.747. The fraction of sp³-hybridized carbons (Fsp3) is 0.368. The van der Waals surface area contributed by atoms with Crippen LogP contribution in [-0.4, -0.2) is 30.2 Å². The maximum absolute atomic E-state index is 12.8. The molecule has 1 atom stereocenters. The molecule has 1 N–H and O–H groups in total. The van der Waals surface area contributed by atoms with Crippen LogP contribution in [0.1, 0.15) is 17.7 Å². The predicted octanol–water partition coefficient (Wildman–Crippen LogP) is 4.48. The maximum atomic E-state index is 12.8. The number of aromatic nitrogens is 1. The zero-order valence-electron chi connectivity index (χ0n) is 15.0. The molecule has 2 heterocycles. The zero-order valence-corrected chi connectivity index (χ0v) is 15.0. The minimum Gasteiger partial charge on any atom is -0.355 e. The molecule has 29 heavy (non-hydrogen) atoms. The van der Waals surface area contributed by atoms with Crippen LogP contribution in [0.15, 0.2) is 42.6 Å². The summed E-state index contributed by atoms with van der Waals surface area (Å²) >= 11 is 0. The molecule has 1 aliphatic rings. The lowest BCUT2D eigenvalue weighted by Gasteiger charge is -2.35.